The topological polar surface area (TPSA) is 53.2 Å². The molecule has 0 bridgehead atoms. The predicted molar refractivity (Wildman–Crippen MR) is 98.1 cm³/mol. The number of hydrazine groups is 1. The van der Waals surface area contributed by atoms with Crippen molar-refractivity contribution in [2.45, 2.75) is 51.7 Å². The van der Waals surface area contributed by atoms with Gasteiger partial charge in [0.05, 0.1) is 6.17 Å². The average Bonchev–Trinajstić information content (AvgIpc) is 2.86. The lowest BCUT2D eigenvalue weighted by Crippen LogP contribution is -2.52. The van der Waals surface area contributed by atoms with Crippen LogP contribution in [0.15, 0.2) is 40.0 Å². The highest BCUT2D eigenvalue weighted by Gasteiger charge is 2.50. The Hall–Kier alpha value is -1.17. The van der Waals surface area contributed by atoms with Crippen LogP contribution in [0.4, 0.5) is 0 Å². The van der Waals surface area contributed by atoms with E-state index < -0.39 is 0 Å². The molecule has 0 radical (unpaired) electrons. The Labute approximate surface area is 151 Å². The van der Waals surface area contributed by atoms with Gasteiger partial charge in [-0.05, 0) is 30.4 Å². The molecular weight excluding hydrogens is 366 g/mol. The fourth-order valence-electron chi connectivity index (χ4n) is 4.61. The number of benzene rings is 1. The maximum atomic E-state index is 13.1. The van der Waals surface area contributed by atoms with Crippen LogP contribution in [0.5, 0.6) is 0 Å². The second kappa shape index (κ2) is 5.68. The lowest BCUT2D eigenvalue weighted by Gasteiger charge is -2.44. The third-order valence-electron chi connectivity index (χ3n) is 5.61. The van der Waals surface area contributed by atoms with Crippen LogP contribution in [0, 0.1) is 11.3 Å². The minimum atomic E-state index is 0.0197. The number of halogens is 1. The molecule has 0 amide bonds. The van der Waals surface area contributed by atoms with Crippen molar-refractivity contribution in [2.24, 2.45) is 11.3 Å². The number of fused-ring (bicyclic) bond motifs is 1. The highest BCUT2D eigenvalue weighted by atomic mass is 79.9. The molecule has 5 heteroatoms. The number of allylic oxidation sites excluding steroid dienone is 2. The van der Waals surface area contributed by atoms with E-state index in [-0.39, 0.29) is 23.5 Å². The van der Waals surface area contributed by atoms with E-state index in [1.807, 2.05) is 6.07 Å². The Morgan fingerprint density at radius 1 is 1.17 bits per heavy atom. The van der Waals surface area contributed by atoms with Crippen molar-refractivity contribution in [3.05, 3.63) is 45.6 Å². The molecule has 3 aliphatic rings. The van der Waals surface area contributed by atoms with Crippen molar-refractivity contribution in [3.8, 4) is 0 Å². The van der Waals surface area contributed by atoms with E-state index in [0.717, 1.165) is 22.2 Å². The Morgan fingerprint density at radius 3 is 2.67 bits per heavy atom. The van der Waals surface area contributed by atoms with Gasteiger partial charge in [-0.25, -0.2) is 5.43 Å². The number of carbonyl (C=O) groups is 1. The fourth-order valence-corrected chi connectivity index (χ4v) is 5.14. The van der Waals surface area contributed by atoms with Crippen molar-refractivity contribution in [2.75, 3.05) is 0 Å². The molecule has 1 saturated heterocycles. The standard InChI is InChI=1S/C19H24BrN3O/c1-10-15-16(11-6-4-5-7-12(11)20)17-13(21-18(15)23-22-10)8-19(2,3)9-14(17)24/h4-7,10,15-16,18,21-23H,8-9H2,1-3H3/t10?,15?,16-,18?/m0/s1. The first-order valence-electron chi connectivity index (χ1n) is 8.66. The molecule has 4 atom stereocenters. The lowest BCUT2D eigenvalue weighted by molar-refractivity contribution is -0.118. The van der Waals surface area contributed by atoms with Gasteiger partial charge < -0.3 is 5.32 Å². The molecule has 4 rings (SSSR count). The number of carbonyl (C=O) groups excluding carboxylic acids is 1. The number of Topliss-reactive ketones (excluding diaryl/α,β-unsaturated/α-hetero) is 1. The maximum Gasteiger partial charge on any atom is 0.161 e. The summed E-state index contributed by atoms with van der Waals surface area (Å²) in [6, 6.07) is 8.61. The molecule has 1 fully saturated rings. The highest BCUT2D eigenvalue weighted by Crippen LogP contribution is 2.49. The molecule has 4 nitrogen and oxygen atoms in total. The summed E-state index contributed by atoms with van der Waals surface area (Å²) < 4.78 is 1.08. The third kappa shape index (κ3) is 2.54. The van der Waals surface area contributed by atoms with Gasteiger partial charge in [-0.3, -0.25) is 10.2 Å². The van der Waals surface area contributed by atoms with Gasteiger partial charge in [0.1, 0.15) is 0 Å². The van der Waals surface area contributed by atoms with Crippen molar-refractivity contribution < 1.29 is 4.79 Å². The van der Waals surface area contributed by atoms with Gasteiger partial charge in [-0.15, -0.1) is 0 Å². The normalized spacial score (nSPS) is 34.6. The summed E-state index contributed by atoms with van der Waals surface area (Å²) in [6.07, 6.45) is 1.70. The number of rotatable bonds is 1. The molecule has 1 aromatic carbocycles. The van der Waals surface area contributed by atoms with E-state index in [1.54, 1.807) is 0 Å². The molecule has 2 aliphatic heterocycles. The second-order valence-corrected chi connectivity index (χ2v) is 8.96. The summed E-state index contributed by atoms with van der Waals surface area (Å²) in [4.78, 5) is 13.1. The molecule has 1 aromatic rings. The van der Waals surface area contributed by atoms with Gasteiger partial charge in [0, 0.05) is 40.0 Å². The minimum Gasteiger partial charge on any atom is -0.371 e. The van der Waals surface area contributed by atoms with E-state index in [9.17, 15) is 4.79 Å². The number of ketones is 1. The summed E-state index contributed by atoms with van der Waals surface area (Å²) in [6.45, 7) is 6.55. The number of hydrogen-bond acceptors (Lipinski definition) is 4. The number of nitrogens with one attached hydrogen (secondary N) is 3. The first-order valence-corrected chi connectivity index (χ1v) is 9.45. The summed E-state index contributed by atoms with van der Waals surface area (Å²) >= 11 is 3.71. The van der Waals surface area contributed by atoms with E-state index in [1.165, 1.54) is 5.56 Å². The Bertz CT molecular complexity index is 727. The fraction of sp³-hybridized carbons (Fsp3) is 0.526. The quantitative estimate of drug-likeness (QED) is 0.689. The summed E-state index contributed by atoms with van der Waals surface area (Å²) in [7, 11) is 0. The van der Waals surface area contributed by atoms with Gasteiger partial charge in [0.25, 0.3) is 0 Å². The van der Waals surface area contributed by atoms with Crippen LogP contribution in [-0.4, -0.2) is 18.0 Å². The van der Waals surface area contributed by atoms with Gasteiger partial charge in [0.2, 0.25) is 0 Å². The van der Waals surface area contributed by atoms with Gasteiger partial charge in [-0.1, -0.05) is 48.0 Å². The van der Waals surface area contributed by atoms with E-state index >= 15 is 0 Å². The van der Waals surface area contributed by atoms with Crippen LogP contribution in [0.25, 0.3) is 0 Å². The zero-order chi connectivity index (χ0) is 17.1. The Balaban J connectivity index is 1.89. The first-order chi connectivity index (χ1) is 11.4. The van der Waals surface area contributed by atoms with Crippen LogP contribution < -0.4 is 16.2 Å². The largest absolute Gasteiger partial charge is 0.371 e. The van der Waals surface area contributed by atoms with E-state index in [0.29, 0.717) is 18.1 Å². The zero-order valence-electron chi connectivity index (χ0n) is 14.3. The van der Waals surface area contributed by atoms with E-state index in [4.69, 9.17) is 0 Å². The molecule has 0 aromatic heterocycles. The van der Waals surface area contributed by atoms with Gasteiger partial charge >= 0.3 is 0 Å². The molecule has 0 spiro atoms. The third-order valence-corrected chi connectivity index (χ3v) is 6.34. The summed E-state index contributed by atoms with van der Waals surface area (Å²) in [5.41, 5.74) is 10.1. The monoisotopic (exact) mass is 389 g/mol. The van der Waals surface area contributed by atoms with E-state index in [2.05, 4.69) is 71.1 Å². The van der Waals surface area contributed by atoms with Crippen LogP contribution in [0.2, 0.25) is 0 Å². The second-order valence-electron chi connectivity index (χ2n) is 8.11. The smallest absolute Gasteiger partial charge is 0.161 e. The molecule has 1 aliphatic carbocycles. The maximum absolute atomic E-state index is 13.1. The summed E-state index contributed by atoms with van der Waals surface area (Å²) in [5, 5.41) is 3.62. The minimum absolute atomic E-state index is 0.0197. The van der Waals surface area contributed by atoms with Crippen LogP contribution in [0.3, 0.4) is 0 Å². The average molecular weight is 390 g/mol. The molecule has 128 valence electrons. The SMILES string of the molecule is CC1NNC2NC3=C(C(=O)CC(C)(C)C3)[C@@H](c3ccccc3Br)C12. The first kappa shape index (κ1) is 16.3. The zero-order valence-corrected chi connectivity index (χ0v) is 15.9. The molecule has 3 N–H and O–H groups in total. The van der Waals surface area contributed by atoms with Gasteiger partial charge in [-0.2, -0.15) is 0 Å². The predicted octanol–water partition coefficient (Wildman–Crippen LogP) is 3.22. The molecule has 24 heavy (non-hydrogen) atoms. The van der Waals surface area contributed by atoms with Crippen molar-refractivity contribution in [1.29, 1.82) is 0 Å². The van der Waals surface area contributed by atoms with Crippen molar-refractivity contribution in [3.63, 3.8) is 0 Å². The Morgan fingerprint density at radius 2 is 1.92 bits per heavy atom. The highest BCUT2D eigenvalue weighted by molar-refractivity contribution is 9.10. The lowest BCUT2D eigenvalue weighted by atomic mass is 9.65. The van der Waals surface area contributed by atoms with Crippen LogP contribution >= 0.6 is 15.9 Å². The summed E-state index contributed by atoms with van der Waals surface area (Å²) in [5.74, 6) is 0.711. The van der Waals surface area contributed by atoms with Crippen LogP contribution in [0.1, 0.15) is 45.1 Å². The van der Waals surface area contributed by atoms with Crippen molar-refractivity contribution >= 4 is 21.7 Å². The number of hydrogen-bond donors (Lipinski definition) is 3. The molecule has 0 saturated carbocycles. The Kier molecular flexibility index (Phi) is 3.86. The molecular formula is C19H24BrN3O. The van der Waals surface area contributed by atoms with Crippen LogP contribution in [-0.2, 0) is 4.79 Å². The molecule has 2 heterocycles. The molecule has 3 unspecified atom stereocenters. The van der Waals surface area contributed by atoms with Crippen molar-refractivity contribution in [1.82, 2.24) is 16.2 Å². The van der Waals surface area contributed by atoms with Gasteiger partial charge in [0.15, 0.2) is 5.78 Å².